The molecule has 2 rings (SSSR count). The Labute approximate surface area is 125 Å². The second kappa shape index (κ2) is 6.49. The maximum atomic E-state index is 12.5. The van der Waals surface area contributed by atoms with E-state index < -0.39 is 0 Å². The molecule has 0 heterocycles. The van der Waals surface area contributed by atoms with Crippen molar-refractivity contribution in [2.75, 3.05) is 0 Å². The van der Waals surface area contributed by atoms with Gasteiger partial charge in [-0.25, -0.2) is 0 Å². The number of hydrogen-bond acceptors (Lipinski definition) is 1. The van der Waals surface area contributed by atoms with Crippen molar-refractivity contribution in [3.63, 3.8) is 0 Å². The van der Waals surface area contributed by atoms with Crippen LogP contribution >= 0.6 is 0 Å². The van der Waals surface area contributed by atoms with Crippen LogP contribution in [0.4, 0.5) is 0 Å². The minimum Gasteiger partial charge on any atom is -0.351 e. The molecule has 1 amide bonds. The van der Waals surface area contributed by atoms with Crippen LogP contribution in [0.2, 0.25) is 0 Å². The highest BCUT2D eigenvalue weighted by Gasteiger charge is 2.37. The van der Waals surface area contributed by atoms with Gasteiger partial charge in [-0.2, -0.15) is 0 Å². The highest BCUT2D eigenvalue weighted by atomic mass is 16.2. The molecule has 2 aliphatic carbocycles. The maximum Gasteiger partial charge on any atom is 0.223 e. The van der Waals surface area contributed by atoms with Crippen LogP contribution in [0.1, 0.15) is 79.1 Å². The summed E-state index contributed by atoms with van der Waals surface area (Å²) in [5, 5.41) is 3.20. The summed E-state index contributed by atoms with van der Waals surface area (Å²) >= 11 is 0. The van der Waals surface area contributed by atoms with E-state index in [1.54, 1.807) is 0 Å². The average molecular weight is 279 g/mol. The van der Waals surface area contributed by atoms with Gasteiger partial charge in [-0.3, -0.25) is 4.79 Å². The van der Waals surface area contributed by atoms with Crippen LogP contribution < -0.4 is 5.32 Å². The van der Waals surface area contributed by atoms with E-state index >= 15 is 0 Å². The first-order valence-corrected chi connectivity index (χ1v) is 8.67. The molecule has 20 heavy (non-hydrogen) atoms. The van der Waals surface area contributed by atoms with E-state index in [1.165, 1.54) is 38.5 Å². The van der Waals surface area contributed by atoms with Gasteiger partial charge in [-0.05, 0) is 64.2 Å². The predicted octanol–water partition coefficient (Wildman–Crippen LogP) is 4.53. The van der Waals surface area contributed by atoms with Gasteiger partial charge in [0, 0.05) is 11.5 Å². The number of carbonyl (C=O) groups is 1. The second-order valence-electron chi connectivity index (χ2n) is 8.37. The highest BCUT2D eigenvalue weighted by molar-refractivity contribution is 5.79. The van der Waals surface area contributed by atoms with Gasteiger partial charge in [0.1, 0.15) is 0 Å². The topological polar surface area (TPSA) is 29.1 Å². The Balaban J connectivity index is 1.83. The van der Waals surface area contributed by atoms with Crippen LogP contribution in [0.25, 0.3) is 0 Å². The molecular weight excluding hydrogens is 246 g/mol. The SMILES string of the molecule is CC1CC1CC(CCC1CCCC1)C(=O)NC(C)(C)C. The summed E-state index contributed by atoms with van der Waals surface area (Å²) in [6.45, 7) is 8.57. The van der Waals surface area contributed by atoms with Crippen molar-refractivity contribution in [3.05, 3.63) is 0 Å². The monoisotopic (exact) mass is 279 g/mol. The Kier molecular flexibility index (Phi) is 5.14. The number of hydrogen-bond donors (Lipinski definition) is 1. The molecule has 3 atom stereocenters. The van der Waals surface area contributed by atoms with E-state index in [0.29, 0.717) is 5.91 Å². The molecule has 2 heteroatoms. The lowest BCUT2D eigenvalue weighted by atomic mass is 9.89. The molecule has 0 saturated heterocycles. The second-order valence-corrected chi connectivity index (χ2v) is 8.37. The zero-order valence-electron chi connectivity index (χ0n) is 13.9. The van der Waals surface area contributed by atoms with Crippen molar-refractivity contribution in [1.82, 2.24) is 5.32 Å². The summed E-state index contributed by atoms with van der Waals surface area (Å²) in [7, 11) is 0. The van der Waals surface area contributed by atoms with E-state index in [1.807, 2.05) is 0 Å². The van der Waals surface area contributed by atoms with Gasteiger partial charge in [0.15, 0.2) is 0 Å². The lowest BCUT2D eigenvalue weighted by molar-refractivity contribution is -0.127. The van der Waals surface area contributed by atoms with E-state index in [0.717, 1.165) is 30.6 Å². The van der Waals surface area contributed by atoms with Crippen LogP contribution in [0.3, 0.4) is 0 Å². The molecule has 0 bridgehead atoms. The molecule has 3 unspecified atom stereocenters. The molecule has 0 spiro atoms. The minimum absolute atomic E-state index is 0.0993. The summed E-state index contributed by atoms with van der Waals surface area (Å²) in [6, 6.07) is 0. The molecule has 116 valence electrons. The number of rotatable bonds is 6. The van der Waals surface area contributed by atoms with Gasteiger partial charge in [-0.15, -0.1) is 0 Å². The summed E-state index contributed by atoms with van der Waals surface area (Å²) in [6.07, 6.45) is 10.4. The molecule has 0 aliphatic heterocycles. The third kappa shape index (κ3) is 5.10. The van der Waals surface area contributed by atoms with Gasteiger partial charge in [-0.1, -0.05) is 32.6 Å². The van der Waals surface area contributed by atoms with E-state index in [4.69, 9.17) is 0 Å². The molecule has 2 saturated carbocycles. The average Bonchev–Trinajstić information content (AvgIpc) is 2.82. The lowest BCUT2D eigenvalue weighted by Crippen LogP contribution is -2.44. The Morgan fingerprint density at radius 3 is 2.35 bits per heavy atom. The van der Waals surface area contributed by atoms with Gasteiger partial charge >= 0.3 is 0 Å². The summed E-state index contributed by atoms with van der Waals surface area (Å²) < 4.78 is 0. The van der Waals surface area contributed by atoms with Gasteiger partial charge in [0.05, 0.1) is 0 Å². The third-order valence-corrected chi connectivity index (χ3v) is 5.13. The zero-order valence-corrected chi connectivity index (χ0v) is 13.9. The van der Waals surface area contributed by atoms with Crippen molar-refractivity contribution >= 4 is 5.91 Å². The summed E-state index contributed by atoms with van der Waals surface area (Å²) in [5.41, 5.74) is -0.0993. The number of nitrogens with one attached hydrogen (secondary N) is 1. The van der Waals surface area contributed by atoms with E-state index in [2.05, 4.69) is 33.0 Å². The fourth-order valence-electron chi connectivity index (χ4n) is 3.66. The predicted molar refractivity (Wildman–Crippen MR) is 84.5 cm³/mol. The molecule has 0 aromatic carbocycles. The first-order valence-electron chi connectivity index (χ1n) is 8.67. The van der Waals surface area contributed by atoms with E-state index in [9.17, 15) is 4.79 Å². The zero-order chi connectivity index (χ0) is 14.8. The van der Waals surface area contributed by atoms with Crippen LogP contribution in [0, 0.1) is 23.7 Å². The summed E-state index contributed by atoms with van der Waals surface area (Å²) in [5.74, 6) is 3.12. The van der Waals surface area contributed by atoms with Crippen LogP contribution in [-0.4, -0.2) is 11.4 Å². The molecule has 0 radical (unpaired) electrons. The van der Waals surface area contributed by atoms with Crippen molar-refractivity contribution in [1.29, 1.82) is 0 Å². The highest BCUT2D eigenvalue weighted by Crippen LogP contribution is 2.44. The molecular formula is C18H33NO. The number of carbonyl (C=O) groups excluding carboxylic acids is 1. The number of amides is 1. The van der Waals surface area contributed by atoms with Crippen molar-refractivity contribution in [2.24, 2.45) is 23.7 Å². The summed E-state index contributed by atoms with van der Waals surface area (Å²) in [4.78, 5) is 12.5. The van der Waals surface area contributed by atoms with Crippen LogP contribution in [-0.2, 0) is 4.79 Å². The fourth-order valence-corrected chi connectivity index (χ4v) is 3.66. The molecule has 0 aromatic rings. The third-order valence-electron chi connectivity index (χ3n) is 5.13. The Bertz CT molecular complexity index is 325. The fraction of sp³-hybridized carbons (Fsp3) is 0.944. The standard InChI is InChI=1S/C18H33NO/c1-13-11-16(13)12-15(17(20)19-18(2,3)4)10-9-14-7-5-6-8-14/h13-16H,5-12H2,1-4H3,(H,19,20). The normalized spacial score (nSPS) is 28.4. The molecule has 2 nitrogen and oxygen atoms in total. The van der Waals surface area contributed by atoms with Crippen LogP contribution in [0.5, 0.6) is 0 Å². The molecule has 2 aliphatic rings. The van der Waals surface area contributed by atoms with Gasteiger partial charge in [0.25, 0.3) is 0 Å². The first kappa shape index (κ1) is 15.9. The largest absolute Gasteiger partial charge is 0.351 e. The van der Waals surface area contributed by atoms with Crippen molar-refractivity contribution in [2.45, 2.75) is 84.6 Å². The van der Waals surface area contributed by atoms with Gasteiger partial charge in [0.2, 0.25) is 5.91 Å². The Hall–Kier alpha value is -0.530. The quantitative estimate of drug-likeness (QED) is 0.760. The minimum atomic E-state index is -0.0993. The maximum absolute atomic E-state index is 12.5. The van der Waals surface area contributed by atoms with E-state index in [-0.39, 0.29) is 11.5 Å². The van der Waals surface area contributed by atoms with Gasteiger partial charge < -0.3 is 5.32 Å². The molecule has 1 N–H and O–H groups in total. The van der Waals surface area contributed by atoms with Crippen LogP contribution in [0.15, 0.2) is 0 Å². The molecule has 2 fully saturated rings. The molecule has 0 aromatic heterocycles. The Morgan fingerprint density at radius 2 is 1.85 bits per heavy atom. The first-order chi connectivity index (χ1) is 9.35. The van der Waals surface area contributed by atoms with Crippen molar-refractivity contribution in [3.8, 4) is 0 Å². The van der Waals surface area contributed by atoms with Crippen molar-refractivity contribution < 1.29 is 4.79 Å². The Morgan fingerprint density at radius 1 is 1.25 bits per heavy atom. The lowest BCUT2D eigenvalue weighted by Gasteiger charge is -2.25. The smallest absolute Gasteiger partial charge is 0.223 e.